The number of azo groups is 1. The van der Waals surface area contributed by atoms with Crippen LogP contribution in [0.3, 0.4) is 0 Å². The molecule has 0 fully saturated rings. The first-order chi connectivity index (χ1) is 13.6. The molecule has 3 aromatic carbocycles. The van der Waals surface area contributed by atoms with Crippen molar-refractivity contribution in [1.82, 2.24) is 0 Å². The molecule has 0 saturated carbocycles. The Hall–Kier alpha value is -2.73. The highest BCUT2D eigenvalue weighted by molar-refractivity contribution is 6.38. The van der Waals surface area contributed by atoms with Crippen molar-refractivity contribution >= 4 is 40.8 Å². The first kappa shape index (κ1) is 20.0. The summed E-state index contributed by atoms with van der Waals surface area (Å²) < 4.78 is 0. The van der Waals surface area contributed by atoms with Crippen molar-refractivity contribution in [3.05, 3.63) is 87.9 Å². The van der Waals surface area contributed by atoms with Gasteiger partial charge in [0.1, 0.15) is 11.4 Å². The first-order valence-corrected chi connectivity index (χ1v) is 9.22. The summed E-state index contributed by atoms with van der Waals surface area (Å²) in [5.74, 6) is 0.0447. The Morgan fingerprint density at radius 3 is 2.29 bits per heavy atom. The Labute approximate surface area is 172 Å². The van der Waals surface area contributed by atoms with Crippen LogP contribution in [0.5, 0.6) is 5.75 Å². The Kier molecular flexibility index (Phi) is 6.76. The number of aliphatic hydroxyl groups is 1. The number of hydrogen-bond acceptors (Lipinski definition) is 5. The van der Waals surface area contributed by atoms with Crippen LogP contribution in [0.25, 0.3) is 0 Å². The van der Waals surface area contributed by atoms with Crippen LogP contribution in [0, 0.1) is 0 Å². The largest absolute Gasteiger partial charge is 0.507 e. The maximum Gasteiger partial charge on any atom is 0.124 e. The van der Waals surface area contributed by atoms with Gasteiger partial charge in [0, 0.05) is 11.8 Å². The predicted octanol–water partition coefficient (Wildman–Crippen LogP) is 6.27. The molecule has 1 atom stereocenters. The van der Waals surface area contributed by atoms with Gasteiger partial charge in [0.25, 0.3) is 0 Å². The quantitative estimate of drug-likeness (QED) is 0.369. The van der Waals surface area contributed by atoms with Crippen LogP contribution in [0.15, 0.2) is 82.0 Å². The lowest BCUT2D eigenvalue weighted by molar-refractivity contribution is 0.269. The van der Waals surface area contributed by atoms with E-state index in [9.17, 15) is 10.2 Å². The molecule has 1 unspecified atom stereocenters. The molecule has 0 heterocycles. The van der Waals surface area contributed by atoms with Gasteiger partial charge in [0.15, 0.2) is 0 Å². The maximum atomic E-state index is 10.1. The van der Waals surface area contributed by atoms with Gasteiger partial charge in [-0.05, 0) is 35.9 Å². The average molecular weight is 414 g/mol. The van der Waals surface area contributed by atoms with Gasteiger partial charge < -0.3 is 10.2 Å². The van der Waals surface area contributed by atoms with Gasteiger partial charge >= 0.3 is 0 Å². The van der Waals surface area contributed by atoms with Crippen molar-refractivity contribution in [1.29, 1.82) is 0 Å². The molecular formula is C21H17Cl2N3O2. The van der Waals surface area contributed by atoms with E-state index < -0.39 is 6.04 Å². The molecule has 28 heavy (non-hydrogen) atoms. The number of hydrogen-bond donors (Lipinski definition) is 2. The minimum Gasteiger partial charge on any atom is -0.507 e. The van der Waals surface area contributed by atoms with Gasteiger partial charge in [-0.3, -0.25) is 4.99 Å². The van der Waals surface area contributed by atoms with Crippen molar-refractivity contribution in [3.8, 4) is 5.75 Å². The molecule has 0 aliphatic rings. The molecule has 3 aromatic rings. The maximum absolute atomic E-state index is 10.1. The summed E-state index contributed by atoms with van der Waals surface area (Å²) in [6.07, 6.45) is 1.50. The number of phenols is 1. The number of rotatable bonds is 6. The number of aliphatic imine (C=N–C) groups is 1. The second-order valence-electron chi connectivity index (χ2n) is 5.90. The van der Waals surface area contributed by atoms with Crippen molar-refractivity contribution in [2.45, 2.75) is 6.04 Å². The van der Waals surface area contributed by atoms with Crippen molar-refractivity contribution in [2.75, 3.05) is 6.61 Å². The monoisotopic (exact) mass is 413 g/mol. The summed E-state index contributed by atoms with van der Waals surface area (Å²) in [5.41, 5.74) is 2.20. The number of nitrogens with zero attached hydrogens (tertiary/aromatic N) is 3. The fraction of sp³-hybridized carbons (Fsp3) is 0.0952. The summed E-state index contributed by atoms with van der Waals surface area (Å²) >= 11 is 12.2. The highest BCUT2D eigenvalue weighted by Gasteiger charge is 2.08. The van der Waals surface area contributed by atoms with Crippen molar-refractivity contribution < 1.29 is 10.2 Å². The van der Waals surface area contributed by atoms with Gasteiger partial charge in [-0.25, -0.2) is 0 Å². The molecule has 0 amide bonds. The van der Waals surface area contributed by atoms with Crippen LogP contribution >= 0.6 is 23.2 Å². The number of aliphatic hydroxyl groups excluding tert-OH is 1. The third kappa shape index (κ3) is 4.95. The van der Waals surface area contributed by atoms with Gasteiger partial charge in [0.2, 0.25) is 0 Å². The Balaban J connectivity index is 1.84. The molecule has 5 nitrogen and oxygen atoms in total. The molecule has 2 N–H and O–H groups in total. The predicted molar refractivity (Wildman–Crippen MR) is 113 cm³/mol. The van der Waals surface area contributed by atoms with E-state index in [1.165, 1.54) is 12.3 Å². The lowest BCUT2D eigenvalue weighted by Gasteiger charge is -2.09. The van der Waals surface area contributed by atoms with Gasteiger partial charge in [0.05, 0.1) is 28.4 Å². The Bertz CT molecular complexity index is 988. The second-order valence-corrected chi connectivity index (χ2v) is 6.72. The highest BCUT2D eigenvalue weighted by Crippen LogP contribution is 2.34. The third-order valence-electron chi connectivity index (χ3n) is 3.96. The highest BCUT2D eigenvalue weighted by atomic mass is 35.5. The SMILES string of the molecule is OCC(N=Cc1cc(N=Nc2c(Cl)cccc2Cl)ccc1O)c1ccccc1. The molecule has 0 aliphatic heterocycles. The molecule has 142 valence electrons. The van der Waals surface area contributed by atoms with Crippen LogP contribution in [-0.2, 0) is 0 Å². The fourth-order valence-electron chi connectivity index (χ4n) is 2.48. The Morgan fingerprint density at radius 2 is 1.61 bits per heavy atom. The number of phenolic OH excluding ortho intramolecular Hbond substituents is 1. The van der Waals surface area contributed by atoms with Crippen molar-refractivity contribution in [2.24, 2.45) is 15.2 Å². The molecule has 3 rings (SSSR count). The van der Waals surface area contributed by atoms with Crippen LogP contribution in [-0.4, -0.2) is 23.0 Å². The smallest absolute Gasteiger partial charge is 0.124 e. The lowest BCUT2D eigenvalue weighted by atomic mass is 10.1. The zero-order valence-electron chi connectivity index (χ0n) is 14.7. The summed E-state index contributed by atoms with van der Waals surface area (Å²) in [4.78, 5) is 4.38. The molecule has 0 radical (unpaired) electrons. The molecule has 0 bridgehead atoms. The van der Waals surface area contributed by atoms with Crippen LogP contribution in [0.4, 0.5) is 11.4 Å². The first-order valence-electron chi connectivity index (χ1n) is 8.46. The van der Waals surface area contributed by atoms with E-state index in [1.807, 2.05) is 30.3 Å². The third-order valence-corrected chi connectivity index (χ3v) is 4.57. The van der Waals surface area contributed by atoms with Gasteiger partial charge in [-0.15, -0.1) is 5.11 Å². The summed E-state index contributed by atoms with van der Waals surface area (Å²) in [6.45, 7) is -0.147. The van der Waals surface area contributed by atoms with Gasteiger partial charge in [-0.1, -0.05) is 59.6 Å². The average Bonchev–Trinajstić information content (AvgIpc) is 2.71. The van der Waals surface area contributed by atoms with E-state index in [0.29, 0.717) is 27.0 Å². The number of aromatic hydroxyl groups is 1. The van der Waals surface area contributed by atoms with Gasteiger partial charge in [-0.2, -0.15) is 5.11 Å². The molecule has 7 heteroatoms. The minimum absolute atomic E-state index is 0.0447. The lowest BCUT2D eigenvalue weighted by Crippen LogP contribution is -2.01. The van der Waals surface area contributed by atoms with Crippen LogP contribution in [0.1, 0.15) is 17.2 Å². The molecule has 0 spiro atoms. The summed E-state index contributed by atoms with van der Waals surface area (Å²) in [6, 6.07) is 18.8. The number of halogens is 2. The summed E-state index contributed by atoms with van der Waals surface area (Å²) in [7, 11) is 0. The zero-order valence-corrected chi connectivity index (χ0v) is 16.2. The van der Waals surface area contributed by atoms with Crippen LogP contribution in [0.2, 0.25) is 10.0 Å². The standard InChI is InChI=1S/C21H17Cl2N3O2/c22-17-7-4-8-18(23)21(17)26-25-16-9-10-20(28)15(11-16)12-24-19(13-27)14-5-2-1-3-6-14/h1-12,19,27-28H,13H2. The molecular weight excluding hydrogens is 397 g/mol. The Morgan fingerprint density at radius 1 is 0.893 bits per heavy atom. The van der Waals surface area contributed by atoms with E-state index in [0.717, 1.165) is 5.56 Å². The van der Waals surface area contributed by atoms with E-state index in [-0.39, 0.29) is 12.4 Å². The van der Waals surface area contributed by atoms with Crippen molar-refractivity contribution in [3.63, 3.8) is 0 Å². The molecule has 0 aliphatic carbocycles. The topological polar surface area (TPSA) is 77.5 Å². The second kappa shape index (κ2) is 9.46. The minimum atomic E-state index is -0.423. The number of benzene rings is 3. The molecule has 0 saturated heterocycles. The van der Waals surface area contributed by atoms with E-state index in [1.54, 1.807) is 30.3 Å². The molecule has 0 aromatic heterocycles. The van der Waals surface area contributed by atoms with E-state index in [4.69, 9.17) is 23.2 Å². The summed E-state index contributed by atoms with van der Waals surface area (Å²) in [5, 5.41) is 28.7. The van der Waals surface area contributed by atoms with E-state index >= 15 is 0 Å². The van der Waals surface area contributed by atoms with Crippen LogP contribution < -0.4 is 0 Å². The zero-order chi connectivity index (χ0) is 19.9. The normalized spacial score (nSPS) is 12.7. The van der Waals surface area contributed by atoms with E-state index in [2.05, 4.69) is 15.2 Å². The fourth-order valence-corrected chi connectivity index (χ4v) is 2.96.